The molecular weight excluding hydrogens is 358 g/mol. The summed E-state index contributed by atoms with van der Waals surface area (Å²) in [4.78, 5) is 18.8. The molecule has 7 nitrogen and oxygen atoms in total. The Balaban J connectivity index is 1.47. The van der Waals surface area contributed by atoms with Crippen molar-refractivity contribution in [3.8, 4) is 22.9 Å². The minimum absolute atomic E-state index is 0.0777. The fourth-order valence-corrected chi connectivity index (χ4v) is 3.36. The van der Waals surface area contributed by atoms with Gasteiger partial charge in [0, 0.05) is 25.1 Å². The molecule has 0 N–H and O–H groups in total. The highest BCUT2D eigenvalue weighted by Crippen LogP contribution is 2.30. The Morgan fingerprint density at radius 3 is 2.64 bits per heavy atom. The van der Waals surface area contributed by atoms with E-state index in [1.54, 1.807) is 14.2 Å². The molecule has 0 bridgehead atoms. The number of nitrogens with zero attached hydrogens (tertiary/aromatic N) is 3. The molecule has 1 aliphatic heterocycles. The van der Waals surface area contributed by atoms with E-state index in [1.807, 2.05) is 53.4 Å². The molecule has 0 radical (unpaired) electrons. The summed E-state index contributed by atoms with van der Waals surface area (Å²) >= 11 is 0. The van der Waals surface area contributed by atoms with Gasteiger partial charge >= 0.3 is 0 Å². The monoisotopic (exact) mass is 379 g/mol. The average Bonchev–Trinajstić information content (AvgIpc) is 3.36. The number of aromatic nitrogens is 2. The van der Waals surface area contributed by atoms with Gasteiger partial charge in [-0.2, -0.15) is 4.98 Å². The van der Waals surface area contributed by atoms with Gasteiger partial charge in [0.1, 0.15) is 11.5 Å². The summed E-state index contributed by atoms with van der Waals surface area (Å²) in [5.74, 6) is 2.45. The van der Waals surface area contributed by atoms with E-state index in [2.05, 4.69) is 10.1 Å². The topological polar surface area (TPSA) is 77.7 Å². The van der Waals surface area contributed by atoms with Gasteiger partial charge in [0.15, 0.2) is 0 Å². The lowest BCUT2D eigenvalue weighted by Gasteiger charge is -2.16. The lowest BCUT2D eigenvalue weighted by molar-refractivity contribution is -0.128. The van der Waals surface area contributed by atoms with Crippen molar-refractivity contribution in [3.63, 3.8) is 0 Å². The Morgan fingerprint density at radius 2 is 1.86 bits per heavy atom. The van der Waals surface area contributed by atoms with E-state index >= 15 is 0 Å². The van der Waals surface area contributed by atoms with Crippen molar-refractivity contribution in [3.05, 3.63) is 60.0 Å². The van der Waals surface area contributed by atoms with Crippen LogP contribution in [0.25, 0.3) is 11.4 Å². The zero-order valence-electron chi connectivity index (χ0n) is 15.8. The van der Waals surface area contributed by atoms with Crippen molar-refractivity contribution in [2.75, 3.05) is 20.8 Å². The van der Waals surface area contributed by atoms with Crippen LogP contribution in [0.1, 0.15) is 23.8 Å². The molecule has 144 valence electrons. The number of carbonyl (C=O) groups is 1. The molecule has 1 amide bonds. The van der Waals surface area contributed by atoms with Gasteiger partial charge in [-0.3, -0.25) is 4.79 Å². The minimum Gasteiger partial charge on any atom is -0.497 e. The van der Waals surface area contributed by atoms with E-state index in [9.17, 15) is 4.79 Å². The van der Waals surface area contributed by atoms with Gasteiger partial charge in [0.25, 0.3) is 0 Å². The molecule has 1 unspecified atom stereocenters. The zero-order chi connectivity index (χ0) is 19.5. The first-order chi connectivity index (χ1) is 13.7. The van der Waals surface area contributed by atoms with Gasteiger partial charge in [-0.15, -0.1) is 0 Å². The Labute approximate surface area is 162 Å². The molecule has 0 spiro atoms. The molecule has 3 aromatic rings. The molecule has 1 aromatic heterocycles. The molecule has 7 heteroatoms. The minimum atomic E-state index is -0.107. The second kappa shape index (κ2) is 7.72. The average molecular weight is 379 g/mol. The smallest absolute Gasteiger partial charge is 0.232 e. The molecule has 1 aliphatic rings. The number of likely N-dealkylation sites (tertiary alicyclic amines) is 1. The fourth-order valence-electron chi connectivity index (χ4n) is 3.36. The maximum absolute atomic E-state index is 12.5. The van der Waals surface area contributed by atoms with Crippen LogP contribution in [0, 0.1) is 0 Å². The standard InChI is InChI=1S/C21H21N3O4/c1-26-17-7-3-5-14(9-17)12-24-13-16(11-19(24)25)21-22-20(23-28-21)15-6-4-8-18(10-15)27-2/h3-10,16H,11-13H2,1-2H3. The van der Waals surface area contributed by atoms with Crippen LogP contribution < -0.4 is 9.47 Å². The van der Waals surface area contributed by atoms with Crippen LogP contribution in [0.3, 0.4) is 0 Å². The Hall–Kier alpha value is -3.35. The van der Waals surface area contributed by atoms with E-state index in [4.69, 9.17) is 14.0 Å². The summed E-state index contributed by atoms with van der Waals surface area (Å²) in [5.41, 5.74) is 1.84. The third-order valence-electron chi connectivity index (χ3n) is 4.84. The van der Waals surface area contributed by atoms with Crippen LogP contribution in [0.2, 0.25) is 0 Å². The van der Waals surface area contributed by atoms with Gasteiger partial charge in [-0.25, -0.2) is 0 Å². The third kappa shape index (κ3) is 3.69. The molecule has 4 rings (SSSR count). The largest absolute Gasteiger partial charge is 0.497 e. The molecule has 2 aromatic carbocycles. The highest BCUT2D eigenvalue weighted by molar-refractivity contribution is 5.79. The number of methoxy groups -OCH3 is 2. The lowest BCUT2D eigenvalue weighted by Crippen LogP contribution is -2.24. The summed E-state index contributed by atoms with van der Waals surface area (Å²) < 4.78 is 15.9. The van der Waals surface area contributed by atoms with E-state index < -0.39 is 0 Å². The summed E-state index contributed by atoms with van der Waals surface area (Å²) in [6, 6.07) is 15.2. The molecular formula is C21H21N3O4. The van der Waals surface area contributed by atoms with Crippen LogP contribution in [-0.4, -0.2) is 41.7 Å². The van der Waals surface area contributed by atoms with Crippen LogP contribution in [-0.2, 0) is 11.3 Å². The molecule has 0 aliphatic carbocycles. The number of hydrogen-bond acceptors (Lipinski definition) is 6. The highest BCUT2D eigenvalue weighted by Gasteiger charge is 2.34. The summed E-state index contributed by atoms with van der Waals surface area (Å²) in [5, 5.41) is 4.08. The zero-order valence-corrected chi connectivity index (χ0v) is 15.8. The summed E-state index contributed by atoms with van der Waals surface area (Å²) in [6.07, 6.45) is 0.365. The SMILES string of the molecule is COc1cccc(CN2CC(c3nc(-c4cccc(OC)c4)no3)CC2=O)c1. The van der Waals surface area contributed by atoms with Gasteiger partial charge in [0.2, 0.25) is 17.6 Å². The maximum Gasteiger partial charge on any atom is 0.232 e. The second-order valence-corrected chi connectivity index (χ2v) is 6.72. The summed E-state index contributed by atoms with van der Waals surface area (Å²) in [6.45, 7) is 1.08. The van der Waals surface area contributed by atoms with Crippen LogP contribution in [0.4, 0.5) is 0 Å². The van der Waals surface area contributed by atoms with Crippen LogP contribution in [0.5, 0.6) is 11.5 Å². The van der Waals surface area contributed by atoms with Crippen LogP contribution in [0.15, 0.2) is 53.1 Å². The molecule has 1 atom stereocenters. The Morgan fingerprint density at radius 1 is 1.11 bits per heavy atom. The van der Waals surface area contributed by atoms with Crippen molar-refractivity contribution in [2.45, 2.75) is 18.9 Å². The van der Waals surface area contributed by atoms with Crippen molar-refractivity contribution in [1.29, 1.82) is 0 Å². The third-order valence-corrected chi connectivity index (χ3v) is 4.84. The molecule has 1 saturated heterocycles. The Kier molecular flexibility index (Phi) is 4.97. The Bertz CT molecular complexity index is 985. The highest BCUT2D eigenvalue weighted by atomic mass is 16.5. The number of carbonyl (C=O) groups excluding carboxylic acids is 1. The van der Waals surface area contributed by atoms with Gasteiger partial charge in [-0.05, 0) is 29.8 Å². The second-order valence-electron chi connectivity index (χ2n) is 6.72. The van der Waals surface area contributed by atoms with Crippen LogP contribution >= 0.6 is 0 Å². The van der Waals surface area contributed by atoms with Gasteiger partial charge < -0.3 is 18.9 Å². The van der Waals surface area contributed by atoms with E-state index in [-0.39, 0.29) is 11.8 Å². The molecule has 1 fully saturated rings. The maximum atomic E-state index is 12.5. The van der Waals surface area contributed by atoms with E-state index in [0.717, 1.165) is 22.6 Å². The van der Waals surface area contributed by atoms with Crippen molar-refractivity contribution in [2.24, 2.45) is 0 Å². The first-order valence-electron chi connectivity index (χ1n) is 9.05. The van der Waals surface area contributed by atoms with E-state index in [1.165, 1.54) is 0 Å². The number of hydrogen-bond donors (Lipinski definition) is 0. The van der Waals surface area contributed by atoms with Crippen molar-refractivity contribution < 1.29 is 18.8 Å². The first-order valence-corrected chi connectivity index (χ1v) is 9.05. The van der Waals surface area contributed by atoms with Gasteiger partial charge in [-0.1, -0.05) is 29.4 Å². The number of rotatable bonds is 6. The summed E-state index contributed by atoms with van der Waals surface area (Å²) in [7, 11) is 3.24. The number of benzene rings is 2. The fraction of sp³-hybridized carbons (Fsp3) is 0.286. The molecule has 2 heterocycles. The van der Waals surface area contributed by atoms with Gasteiger partial charge in [0.05, 0.1) is 20.1 Å². The predicted octanol–water partition coefficient (Wildman–Crippen LogP) is 3.27. The number of amides is 1. The molecule has 0 saturated carbocycles. The normalized spacial score (nSPS) is 16.4. The van der Waals surface area contributed by atoms with Crippen molar-refractivity contribution >= 4 is 5.91 Å². The van der Waals surface area contributed by atoms with E-state index in [0.29, 0.717) is 31.2 Å². The first kappa shape index (κ1) is 18.0. The molecule has 28 heavy (non-hydrogen) atoms. The lowest BCUT2D eigenvalue weighted by atomic mass is 10.1. The quantitative estimate of drug-likeness (QED) is 0.654. The number of ether oxygens (including phenoxy) is 2. The predicted molar refractivity (Wildman–Crippen MR) is 102 cm³/mol. The van der Waals surface area contributed by atoms with Crippen molar-refractivity contribution in [1.82, 2.24) is 15.0 Å².